The summed E-state index contributed by atoms with van der Waals surface area (Å²) < 4.78 is 31.0. The van der Waals surface area contributed by atoms with Gasteiger partial charge in [0.1, 0.15) is 0 Å². The predicted octanol–water partition coefficient (Wildman–Crippen LogP) is 1.13. The van der Waals surface area contributed by atoms with Crippen molar-refractivity contribution in [3.8, 4) is 0 Å². The van der Waals surface area contributed by atoms with Crippen molar-refractivity contribution < 1.29 is 22.7 Å². The Hall–Kier alpha value is -1.64. The predicted molar refractivity (Wildman–Crippen MR) is 88.0 cm³/mol. The number of carbonyl (C=O) groups is 2. The van der Waals surface area contributed by atoms with Crippen LogP contribution in [0.1, 0.15) is 12.8 Å². The standard InChI is InChI=1S/C15H19ClN2O5S/c1-23-15(20)6-5-14(19)17-7-9-18(10-8-17)24(21,22)13-4-2-3-12(16)11-13/h2-4,11H,5-10H2,1H3. The van der Waals surface area contributed by atoms with Crippen LogP contribution >= 0.6 is 11.6 Å². The summed E-state index contributed by atoms with van der Waals surface area (Å²) in [6, 6.07) is 6.10. The zero-order valence-electron chi connectivity index (χ0n) is 13.3. The van der Waals surface area contributed by atoms with Crippen LogP contribution in [0, 0.1) is 0 Å². The highest BCUT2D eigenvalue weighted by Crippen LogP contribution is 2.21. The molecule has 1 amide bonds. The lowest BCUT2D eigenvalue weighted by atomic mass is 10.2. The molecule has 1 aliphatic heterocycles. The summed E-state index contributed by atoms with van der Waals surface area (Å²) in [6.07, 6.45) is 0.0874. The lowest BCUT2D eigenvalue weighted by molar-refractivity contribution is -0.143. The topological polar surface area (TPSA) is 84.0 Å². The minimum Gasteiger partial charge on any atom is -0.469 e. The molecule has 0 aromatic heterocycles. The van der Waals surface area contributed by atoms with E-state index < -0.39 is 16.0 Å². The van der Waals surface area contributed by atoms with Crippen LogP contribution in [-0.2, 0) is 24.3 Å². The SMILES string of the molecule is COC(=O)CCC(=O)N1CCN(S(=O)(=O)c2cccc(Cl)c2)CC1. The maximum atomic E-state index is 12.6. The van der Waals surface area contributed by atoms with Crippen LogP contribution in [0.2, 0.25) is 5.02 Å². The maximum Gasteiger partial charge on any atom is 0.306 e. The zero-order chi connectivity index (χ0) is 17.7. The van der Waals surface area contributed by atoms with Crippen molar-refractivity contribution >= 4 is 33.5 Å². The number of hydrogen-bond acceptors (Lipinski definition) is 5. The number of methoxy groups -OCH3 is 1. The van der Waals surface area contributed by atoms with Crippen LogP contribution in [0.3, 0.4) is 0 Å². The van der Waals surface area contributed by atoms with E-state index in [1.807, 2.05) is 0 Å². The summed E-state index contributed by atoms with van der Waals surface area (Å²) in [5, 5.41) is 0.354. The smallest absolute Gasteiger partial charge is 0.306 e. The Kier molecular flexibility index (Phi) is 6.20. The van der Waals surface area contributed by atoms with Gasteiger partial charge in [0.25, 0.3) is 0 Å². The van der Waals surface area contributed by atoms with Gasteiger partial charge in [0.15, 0.2) is 0 Å². The second-order valence-electron chi connectivity index (χ2n) is 5.32. The lowest BCUT2D eigenvalue weighted by Gasteiger charge is -2.34. The lowest BCUT2D eigenvalue weighted by Crippen LogP contribution is -2.50. The molecule has 24 heavy (non-hydrogen) atoms. The van der Waals surface area contributed by atoms with Crippen molar-refractivity contribution in [2.45, 2.75) is 17.7 Å². The molecule has 1 aromatic rings. The molecule has 2 rings (SSSR count). The third kappa shape index (κ3) is 4.46. The number of esters is 1. The van der Waals surface area contributed by atoms with E-state index in [0.29, 0.717) is 18.1 Å². The molecule has 1 aliphatic rings. The van der Waals surface area contributed by atoms with E-state index in [0.717, 1.165) is 0 Å². The number of halogens is 1. The van der Waals surface area contributed by atoms with Crippen molar-refractivity contribution in [3.05, 3.63) is 29.3 Å². The molecule has 7 nitrogen and oxygen atoms in total. The van der Waals surface area contributed by atoms with Crippen molar-refractivity contribution in [1.82, 2.24) is 9.21 Å². The molecule has 0 spiro atoms. The largest absolute Gasteiger partial charge is 0.469 e. The maximum absolute atomic E-state index is 12.6. The summed E-state index contributed by atoms with van der Waals surface area (Å²) in [4.78, 5) is 24.8. The first-order valence-electron chi connectivity index (χ1n) is 7.45. The van der Waals surface area contributed by atoms with E-state index in [1.165, 1.54) is 23.5 Å². The van der Waals surface area contributed by atoms with Crippen molar-refractivity contribution in [3.63, 3.8) is 0 Å². The molecule has 0 N–H and O–H groups in total. The summed E-state index contributed by atoms with van der Waals surface area (Å²) >= 11 is 5.85. The van der Waals surface area contributed by atoms with Gasteiger partial charge in [-0.25, -0.2) is 8.42 Å². The highest BCUT2D eigenvalue weighted by molar-refractivity contribution is 7.89. The number of amides is 1. The Morgan fingerprint density at radius 1 is 1.17 bits per heavy atom. The molecular formula is C15H19ClN2O5S. The number of ether oxygens (including phenoxy) is 1. The van der Waals surface area contributed by atoms with Gasteiger partial charge >= 0.3 is 5.97 Å². The highest BCUT2D eigenvalue weighted by Gasteiger charge is 2.30. The Morgan fingerprint density at radius 3 is 2.42 bits per heavy atom. The van der Waals surface area contributed by atoms with E-state index in [9.17, 15) is 18.0 Å². The van der Waals surface area contributed by atoms with E-state index in [4.69, 9.17) is 11.6 Å². The van der Waals surface area contributed by atoms with Gasteiger partial charge < -0.3 is 9.64 Å². The van der Waals surface area contributed by atoms with Gasteiger partial charge in [0.2, 0.25) is 15.9 Å². The normalized spacial score (nSPS) is 16.0. The fraction of sp³-hybridized carbons (Fsp3) is 0.467. The molecule has 1 aromatic carbocycles. The van der Waals surface area contributed by atoms with E-state index in [-0.39, 0.29) is 36.7 Å². The highest BCUT2D eigenvalue weighted by atomic mass is 35.5. The molecule has 1 saturated heterocycles. The summed E-state index contributed by atoms with van der Waals surface area (Å²) in [6.45, 7) is 0.997. The van der Waals surface area contributed by atoms with Crippen LogP contribution in [0.15, 0.2) is 29.2 Å². The third-order valence-corrected chi connectivity index (χ3v) is 5.93. The van der Waals surface area contributed by atoms with Crippen LogP contribution < -0.4 is 0 Å². The Labute approximate surface area is 146 Å². The molecule has 0 aliphatic carbocycles. The second kappa shape index (κ2) is 7.96. The fourth-order valence-corrected chi connectivity index (χ4v) is 4.15. The minimum absolute atomic E-state index is 0.0242. The molecule has 0 atom stereocenters. The van der Waals surface area contributed by atoms with Gasteiger partial charge in [0, 0.05) is 37.6 Å². The number of carbonyl (C=O) groups excluding carboxylic acids is 2. The Morgan fingerprint density at radius 2 is 1.83 bits per heavy atom. The van der Waals surface area contributed by atoms with E-state index in [2.05, 4.69) is 4.74 Å². The number of benzene rings is 1. The van der Waals surface area contributed by atoms with E-state index in [1.54, 1.807) is 17.0 Å². The van der Waals surface area contributed by atoms with Gasteiger partial charge in [0.05, 0.1) is 18.4 Å². The summed E-state index contributed by atoms with van der Waals surface area (Å²) in [5.74, 6) is -0.620. The van der Waals surface area contributed by atoms with Gasteiger partial charge in [-0.3, -0.25) is 9.59 Å². The van der Waals surface area contributed by atoms with Crippen LogP contribution in [-0.4, -0.2) is 62.8 Å². The third-order valence-electron chi connectivity index (χ3n) is 3.80. The first-order chi connectivity index (χ1) is 11.3. The molecular weight excluding hydrogens is 356 g/mol. The van der Waals surface area contributed by atoms with Crippen molar-refractivity contribution in [1.29, 1.82) is 0 Å². The van der Waals surface area contributed by atoms with Crippen molar-refractivity contribution in [2.24, 2.45) is 0 Å². The first-order valence-corrected chi connectivity index (χ1v) is 9.26. The number of nitrogens with zero attached hydrogens (tertiary/aromatic N) is 2. The first kappa shape index (κ1) is 18.7. The van der Waals surface area contributed by atoms with Crippen LogP contribution in [0.25, 0.3) is 0 Å². The number of sulfonamides is 1. The summed E-state index contributed by atoms with van der Waals surface area (Å²) in [7, 11) is -2.36. The second-order valence-corrected chi connectivity index (χ2v) is 7.69. The molecule has 1 fully saturated rings. The zero-order valence-corrected chi connectivity index (χ0v) is 14.8. The Balaban J connectivity index is 1.94. The minimum atomic E-state index is -3.63. The van der Waals surface area contributed by atoms with Gasteiger partial charge in [-0.2, -0.15) is 4.31 Å². The summed E-state index contributed by atoms with van der Waals surface area (Å²) in [5.41, 5.74) is 0. The number of rotatable bonds is 5. The molecule has 0 saturated carbocycles. The Bertz CT molecular complexity index is 714. The monoisotopic (exact) mass is 374 g/mol. The van der Waals surface area contributed by atoms with Gasteiger partial charge in [-0.05, 0) is 18.2 Å². The number of piperazine rings is 1. The molecule has 132 valence electrons. The average Bonchev–Trinajstić information content (AvgIpc) is 2.59. The van der Waals surface area contributed by atoms with Crippen LogP contribution in [0.5, 0.6) is 0 Å². The van der Waals surface area contributed by atoms with Crippen molar-refractivity contribution in [2.75, 3.05) is 33.3 Å². The fourth-order valence-electron chi connectivity index (χ4n) is 2.42. The molecule has 0 unspecified atom stereocenters. The molecule has 0 radical (unpaired) electrons. The van der Waals surface area contributed by atoms with Gasteiger partial charge in [-0.1, -0.05) is 17.7 Å². The number of hydrogen-bond donors (Lipinski definition) is 0. The van der Waals surface area contributed by atoms with E-state index >= 15 is 0 Å². The van der Waals surface area contributed by atoms with Gasteiger partial charge in [-0.15, -0.1) is 0 Å². The average molecular weight is 375 g/mol. The molecule has 1 heterocycles. The van der Waals surface area contributed by atoms with Crippen LogP contribution in [0.4, 0.5) is 0 Å². The molecule has 9 heteroatoms. The quantitative estimate of drug-likeness (QED) is 0.721. The molecule has 0 bridgehead atoms.